The van der Waals surface area contributed by atoms with Crippen molar-refractivity contribution < 1.29 is 9.90 Å². The van der Waals surface area contributed by atoms with E-state index in [4.69, 9.17) is 5.11 Å². The van der Waals surface area contributed by atoms with E-state index in [1.165, 1.54) is 33.6 Å². The van der Waals surface area contributed by atoms with Crippen molar-refractivity contribution in [3.05, 3.63) is 45.5 Å². The minimum absolute atomic E-state index is 0.000350. The summed E-state index contributed by atoms with van der Waals surface area (Å²) < 4.78 is 0.931. The molecular formula is C15H17NO2S2. The van der Waals surface area contributed by atoms with Gasteiger partial charge in [0.15, 0.2) is 0 Å². The highest BCUT2D eigenvalue weighted by molar-refractivity contribution is 8.00. The lowest BCUT2D eigenvalue weighted by Gasteiger charge is -2.10. The van der Waals surface area contributed by atoms with Crippen molar-refractivity contribution in [1.29, 1.82) is 0 Å². The maximum atomic E-state index is 10.6. The number of aromatic nitrogens is 1. The van der Waals surface area contributed by atoms with E-state index in [0.29, 0.717) is 5.69 Å². The van der Waals surface area contributed by atoms with Crippen molar-refractivity contribution in [1.82, 2.24) is 4.98 Å². The first-order valence-electron chi connectivity index (χ1n) is 6.31. The Kier molecular flexibility index (Phi) is 4.83. The number of carbonyl (C=O) groups is 1. The Morgan fingerprint density at radius 2 is 1.95 bits per heavy atom. The van der Waals surface area contributed by atoms with Gasteiger partial charge in [-0.25, -0.2) is 4.98 Å². The predicted octanol–water partition coefficient (Wildman–Crippen LogP) is 3.99. The molecule has 0 fully saturated rings. The summed E-state index contributed by atoms with van der Waals surface area (Å²) in [5.41, 5.74) is 5.87. The van der Waals surface area contributed by atoms with Crippen LogP contribution in [-0.4, -0.2) is 16.1 Å². The molecule has 0 spiro atoms. The number of thiazole rings is 1. The van der Waals surface area contributed by atoms with Crippen LogP contribution in [-0.2, 0) is 17.0 Å². The largest absolute Gasteiger partial charge is 0.481 e. The first-order valence-corrected chi connectivity index (χ1v) is 8.18. The molecule has 20 heavy (non-hydrogen) atoms. The molecule has 1 heterocycles. The number of carboxylic acid groups (broad SMARTS) is 1. The second-order valence-corrected chi connectivity index (χ2v) is 6.92. The van der Waals surface area contributed by atoms with Gasteiger partial charge in [-0.2, -0.15) is 0 Å². The fourth-order valence-electron chi connectivity index (χ4n) is 2.16. The van der Waals surface area contributed by atoms with Crippen molar-refractivity contribution in [2.45, 2.75) is 37.3 Å². The number of rotatable bonds is 5. The number of hydrogen-bond acceptors (Lipinski definition) is 4. The number of hydrogen-bond donors (Lipinski definition) is 1. The van der Waals surface area contributed by atoms with E-state index in [-0.39, 0.29) is 6.42 Å². The van der Waals surface area contributed by atoms with Crippen LogP contribution < -0.4 is 0 Å². The zero-order chi connectivity index (χ0) is 14.7. The van der Waals surface area contributed by atoms with Crippen molar-refractivity contribution >= 4 is 29.1 Å². The Balaban J connectivity index is 2.05. The van der Waals surface area contributed by atoms with Gasteiger partial charge in [-0.15, -0.1) is 11.3 Å². The molecule has 0 saturated carbocycles. The lowest BCUT2D eigenvalue weighted by Crippen LogP contribution is -1.99. The van der Waals surface area contributed by atoms with Gasteiger partial charge >= 0.3 is 5.97 Å². The predicted molar refractivity (Wildman–Crippen MR) is 83.7 cm³/mol. The van der Waals surface area contributed by atoms with Gasteiger partial charge in [0.05, 0.1) is 12.1 Å². The van der Waals surface area contributed by atoms with Gasteiger partial charge in [0, 0.05) is 11.1 Å². The SMILES string of the molecule is Cc1cc(C)c(CSc2nc(CC(=O)O)cs2)c(C)c1. The third-order valence-electron chi connectivity index (χ3n) is 3.04. The molecule has 0 amide bonds. The molecule has 1 aromatic carbocycles. The number of benzene rings is 1. The number of thioether (sulfide) groups is 1. The quantitative estimate of drug-likeness (QED) is 0.849. The van der Waals surface area contributed by atoms with Crippen LogP contribution in [0.25, 0.3) is 0 Å². The molecule has 5 heteroatoms. The topological polar surface area (TPSA) is 50.2 Å². The minimum atomic E-state index is -0.836. The van der Waals surface area contributed by atoms with Crippen LogP contribution in [0, 0.1) is 20.8 Å². The van der Waals surface area contributed by atoms with Crippen molar-refractivity contribution in [2.75, 3.05) is 0 Å². The molecule has 2 rings (SSSR count). The average molecular weight is 307 g/mol. The van der Waals surface area contributed by atoms with Gasteiger partial charge in [-0.3, -0.25) is 4.79 Å². The van der Waals surface area contributed by atoms with Crippen LogP contribution in [0.1, 0.15) is 27.9 Å². The average Bonchev–Trinajstić information content (AvgIpc) is 2.74. The van der Waals surface area contributed by atoms with Crippen LogP contribution in [0.5, 0.6) is 0 Å². The lowest BCUT2D eigenvalue weighted by atomic mass is 10.0. The van der Waals surface area contributed by atoms with Crippen LogP contribution in [0.2, 0.25) is 0 Å². The molecule has 0 radical (unpaired) electrons. The lowest BCUT2D eigenvalue weighted by molar-refractivity contribution is -0.136. The molecule has 0 aliphatic rings. The summed E-state index contributed by atoms with van der Waals surface area (Å²) in [5.74, 6) is 0.0369. The van der Waals surface area contributed by atoms with Gasteiger partial charge in [0.2, 0.25) is 0 Å². The fourth-order valence-corrected chi connectivity index (χ4v) is 4.20. The maximum Gasteiger partial charge on any atom is 0.309 e. The normalized spacial score (nSPS) is 10.8. The van der Waals surface area contributed by atoms with E-state index in [1.54, 1.807) is 11.8 Å². The van der Waals surface area contributed by atoms with Crippen LogP contribution in [0.15, 0.2) is 21.9 Å². The number of carboxylic acids is 1. The first kappa shape index (κ1) is 15.1. The zero-order valence-corrected chi connectivity index (χ0v) is 13.4. The molecule has 1 N–H and O–H groups in total. The maximum absolute atomic E-state index is 10.6. The van der Waals surface area contributed by atoms with E-state index in [1.807, 2.05) is 5.38 Å². The van der Waals surface area contributed by atoms with Gasteiger partial charge in [0.1, 0.15) is 4.34 Å². The highest BCUT2D eigenvalue weighted by Gasteiger charge is 2.09. The van der Waals surface area contributed by atoms with Crippen molar-refractivity contribution in [2.24, 2.45) is 0 Å². The summed E-state index contributed by atoms with van der Waals surface area (Å²) in [5, 5.41) is 10.6. The second-order valence-electron chi connectivity index (χ2n) is 4.84. The van der Waals surface area contributed by atoms with Crippen molar-refractivity contribution in [3.8, 4) is 0 Å². The molecule has 0 unspecified atom stereocenters. The first-order chi connectivity index (χ1) is 9.45. The summed E-state index contributed by atoms with van der Waals surface area (Å²) in [6, 6.07) is 4.39. The second kappa shape index (κ2) is 6.41. The van der Waals surface area contributed by atoms with Gasteiger partial charge in [0.25, 0.3) is 0 Å². The molecule has 0 bridgehead atoms. The molecule has 1 aromatic heterocycles. The molecule has 106 valence electrons. The number of nitrogens with zero attached hydrogens (tertiary/aromatic N) is 1. The van der Waals surface area contributed by atoms with E-state index < -0.39 is 5.97 Å². The molecule has 3 nitrogen and oxygen atoms in total. The van der Waals surface area contributed by atoms with Gasteiger partial charge < -0.3 is 5.11 Å². The Bertz CT molecular complexity index is 612. The molecule has 0 saturated heterocycles. The minimum Gasteiger partial charge on any atom is -0.481 e. The van der Waals surface area contributed by atoms with E-state index >= 15 is 0 Å². The molecular weight excluding hydrogens is 290 g/mol. The van der Waals surface area contributed by atoms with Crippen LogP contribution in [0.3, 0.4) is 0 Å². The van der Waals surface area contributed by atoms with Gasteiger partial charge in [-0.05, 0) is 37.5 Å². The Morgan fingerprint density at radius 1 is 1.30 bits per heavy atom. The Morgan fingerprint density at radius 3 is 2.55 bits per heavy atom. The highest BCUT2D eigenvalue weighted by Crippen LogP contribution is 2.29. The van der Waals surface area contributed by atoms with Crippen molar-refractivity contribution in [3.63, 3.8) is 0 Å². The molecule has 2 aromatic rings. The highest BCUT2D eigenvalue weighted by atomic mass is 32.2. The zero-order valence-electron chi connectivity index (χ0n) is 11.8. The third-order valence-corrected chi connectivity index (χ3v) is 5.14. The van der Waals surface area contributed by atoms with E-state index in [0.717, 1.165) is 10.1 Å². The van der Waals surface area contributed by atoms with E-state index in [9.17, 15) is 4.79 Å². The molecule has 0 aliphatic carbocycles. The third kappa shape index (κ3) is 3.84. The summed E-state index contributed by atoms with van der Waals surface area (Å²) in [4.78, 5) is 15.0. The van der Waals surface area contributed by atoms with Crippen LogP contribution in [0.4, 0.5) is 0 Å². The molecule has 0 aliphatic heterocycles. The molecule has 0 atom stereocenters. The monoisotopic (exact) mass is 307 g/mol. The Hall–Kier alpha value is -1.33. The summed E-state index contributed by atoms with van der Waals surface area (Å²) in [7, 11) is 0. The summed E-state index contributed by atoms with van der Waals surface area (Å²) in [6.45, 7) is 6.37. The van der Waals surface area contributed by atoms with Crippen LogP contribution >= 0.6 is 23.1 Å². The summed E-state index contributed by atoms with van der Waals surface area (Å²) >= 11 is 3.18. The number of aryl methyl sites for hydroxylation is 3. The van der Waals surface area contributed by atoms with E-state index in [2.05, 4.69) is 37.9 Å². The summed E-state index contributed by atoms with van der Waals surface area (Å²) in [6.07, 6.45) is -0.000350. The number of aliphatic carboxylic acids is 1. The fraction of sp³-hybridized carbons (Fsp3) is 0.333. The standard InChI is InChI=1S/C15H17NO2S2/c1-9-4-10(2)13(11(3)5-9)8-20-15-16-12(7-19-15)6-14(17)18/h4-5,7H,6,8H2,1-3H3,(H,17,18). The smallest absolute Gasteiger partial charge is 0.309 e. The Labute approximate surface area is 127 Å². The van der Waals surface area contributed by atoms with Gasteiger partial charge in [-0.1, -0.05) is 29.5 Å².